The maximum Gasteiger partial charge on any atom is 0.148 e. The Labute approximate surface area is 148 Å². The number of benzene rings is 1. The van der Waals surface area contributed by atoms with Gasteiger partial charge >= 0.3 is 0 Å². The van der Waals surface area contributed by atoms with E-state index in [-0.39, 0.29) is 5.82 Å². The number of nitrogens with one attached hydrogen (secondary N) is 1. The van der Waals surface area contributed by atoms with E-state index in [9.17, 15) is 4.39 Å². The molecule has 0 aliphatic carbocycles. The molecule has 132 valence electrons. The SMILES string of the molecule is CCc1ccc(F)c(-c2ccc(NC3C4CCN(CC4)C3C)nn2)c1. The van der Waals surface area contributed by atoms with Crippen LogP contribution in [0.3, 0.4) is 0 Å². The van der Waals surface area contributed by atoms with E-state index >= 15 is 0 Å². The van der Waals surface area contributed by atoms with E-state index < -0.39 is 0 Å². The Hall–Kier alpha value is -2.01. The first-order chi connectivity index (χ1) is 12.2. The van der Waals surface area contributed by atoms with Gasteiger partial charge in [-0.3, -0.25) is 4.90 Å². The average Bonchev–Trinajstić information content (AvgIpc) is 2.66. The van der Waals surface area contributed by atoms with Gasteiger partial charge in [-0.15, -0.1) is 10.2 Å². The second kappa shape index (κ2) is 6.71. The Balaban J connectivity index is 1.53. The molecule has 1 N–H and O–H groups in total. The smallest absolute Gasteiger partial charge is 0.148 e. The van der Waals surface area contributed by atoms with Crippen LogP contribution in [0.4, 0.5) is 10.2 Å². The Morgan fingerprint density at radius 2 is 1.96 bits per heavy atom. The minimum atomic E-state index is -0.252. The van der Waals surface area contributed by atoms with Crippen molar-refractivity contribution in [3.8, 4) is 11.3 Å². The van der Waals surface area contributed by atoms with Crippen molar-refractivity contribution in [3.63, 3.8) is 0 Å². The number of piperidine rings is 3. The lowest BCUT2D eigenvalue weighted by Gasteiger charge is -2.50. The molecule has 5 rings (SSSR count). The molecule has 0 amide bonds. The van der Waals surface area contributed by atoms with Gasteiger partial charge in [-0.25, -0.2) is 4.39 Å². The third-order valence-electron chi connectivity index (χ3n) is 5.87. The Morgan fingerprint density at radius 1 is 1.16 bits per heavy atom. The molecule has 2 unspecified atom stereocenters. The van der Waals surface area contributed by atoms with E-state index in [0.717, 1.165) is 17.8 Å². The highest BCUT2D eigenvalue weighted by Gasteiger charge is 2.39. The Bertz CT molecular complexity index is 736. The zero-order chi connectivity index (χ0) is 17.4. The van der Waals surface area contributed by atoms with Crippen LogP contribution in [0.15, 0.2) is 30.3 Å². The quantitative estimate of drug-likeness (QED) is 0.920. The van der Waals surface area contributed by atoms with Crippen molar-refractivity contribution < 1.29 is 4.39 Å². The van der Waals surface area contributed by atoms with Crippen molar-refractivity contribution in [2.24, 2.45) is 5.92 Å². The molecule has 1 aromatic carbocycles. The molecule has 4 nitrogen and oxygen atoms in total. The molecule has 25 heavy (non-hydrogen) atoms. The first-order valence-corrected chi connectivity index (χ1v) is 9.29. The number of halogens is 1. The summed E-state index contributed by atoms with van der Waals surface area (Å²) < 4.78 is 14.1. The molecule has 0 saturated carbocycles. The molecule has 4 heterocycles. The Kier molecular flexibility index (Phi) is 4.42. The van der Waals surface area contributed by atoms with Gasteiger partial charge < -0.3 is 5.32 Å². The number of hydrogen-bond acceptors (Lipinski definition) is 4. The van der Waals surface area contributed by atoms with Crippen LogP contribution in [-0.2, 0) is 6.42 Å². The molecule has 0 spiro atoms. The van der Waals surface area contributed by atoms with Crippen molar-refractivity contribution in [2.75, 3.05) is 18.4 Å². The number of hydrogen-bond donors (Lipinski definition) is 1. The second-order valence-corrected chi connectivity index (χ2v) is 7.26. The molecule has 2 aromatic rings. The van der Waals surface area contributed by atoms with Gasteiger partial charge in [-0.1, -0.05) is 13.0 Å². The average molecular weight is 340 g/mol. The van der Waals surface area contributed by atoms with Crippen molar-refractivity contribution in [1.29, 1.82) is 0 Å². The zero-order valence-corrected chi connectivity index (χ0v) is 14.9. The molecule has 0 radical (unpaired) electrons. The van der Waals surface area contributed by atoms with Crippen molar-refractivity contribution in [1.82, 2.24) is 15.1 Å². The maximum atomic E-state index is 14.1. The highest BCUT2D eigenvalue weighted by atomic mass is 19.1. The van der Waals surface area contributed by atoms with Crippen LogP contribution < -0.4 is 5.32 Å². The molecule has 1 aromatic heterocycles. The molecule has 3 saturated heterocycles. The van der Waals surface area contributed by atoms with Crippen LogP contribution >= 0.6 is 0 Å². The number of anilines is 1. The fourth-order valence-electron chi connectivity index (χ4n) is 4.26. The third-order valence-corrected chi connectivity index (χ3v) is 5.87. The molecular formula is C20H25FN4. The summed E-state index contributed by atoms with van der Waals surface area (Å²) in [6.45, 7) is 6.77. The van der Waals surface area contributed by atoms with Crippen LogP contribution in [0.5, 0.6) is 0 Å². The van der Waals surface area contributed by atoms with E-state index in [1.807, 2.05) is 24.3 Å². The molecule has 3 aliphatic rings. The van der Waals surface area contributed by atoms with Gasteiger partial charge in [-0.05, 0) is 75.0 Å². The van der Waals surface area contributed by atoms with Gasteiger partial charge in [0.1, 0.15) is 11.6 Å². The topological polar surface area (TPSA) is 41.0 Å². The van der Waals surface area contributed by atoms with Crippen LogP contribution in [0.2, 0.25) is 0 Å². The minimum Gasteiger partial charge on any atom is -0.364 e. The van der Waals surface area contributed by atoms with Gasteiger partial charge in [0.2, 0.25) is 0 Å². The number of aromatic nitrogens is 2. The molecule has 3 aliphatic heterocycles. The first kappa shape index (κ1) is 16.5. The highest BCUT2D eigenvalue weighted by molar-refractivity contribution is 5.61. The lowest BCUT2D eigenvalue weighted by molar-refractivity contribution is 0.0457. The number of aryl methyl sites for hydroxylation is 1. The largest absolute Gasteiger partial charge is 0.364 e. The van der Waals surface area contributed by atoms with Gasteiger partial charge in [0.05, 0.1) is 5.69 Å². The summed E-state index contributed by atoms with van der Waals surface area (Å²) in [4.78, 5) is 2.55. The van der Waals surface area contributed by atoms with Crippen molar-refractivity contribution in [2.45, 2.75) is 45.2 Å². The molecule has 2 atom stereocenters. The standard InChI is InChI=1S/C20H25FN4/c1-3-14-4-5-17(21)16(12-14)18-6-7-19(24-23-18)22-20-13(2)25-10-8-15(20)9-11-25/h4-7,12-13,15,20H,3,8-11H2,1-2H3,(H,22,24). The van der Waals surface area contributed by atoms with Gasteiger partial charge in [0.15, 0.2) is 0 Å². The highest BCUT2D eigenvalue weighted by Crippen LogP contribution is 2.34. The van der Waals surface area contributed by atoms with Crippen molar-refractivity contribution in [3.05, 3.63) is 41.7 Å². The predicted molar refractivity (Wildman–Crippen MR) is 98.0 cm³/mol. The van der Waals surface area contributed by atoms with Gasteiger partial charge in [0.25, 0.3) is 0 Å². The molecule has 2 bridgehead atoms. The van der Waals surface area contributed by atoms with Crippen LogP contribution in [0.1, 0.15) is 32.3 Å². The van der Waals surface area contributed by atoms with E-state index in [0.29, 0.717) is 29.3 Å². The minimum absolute atomic E-state index is 0.252. The monoisotopic (exact) mass is 340 g/mol. The Morgan fingerprint density at radius 3 is 2.60 bits per heavy atom. The normalized spacial score (nSPS) is 28.1. The summed E-state index contributed by atoms with van der Waals surface area (Å²) in [6, 6.07) is 9.91. The number of nitrogens with zero attached hydrogens (tertiary/aromatic N) is 3. The van der Waals surface area contributed by atoms with Crippen LogP contribution in [-0.4, -0.2) is 40.3 Å². The van der Waals surface area contributed by atoms with E-state index in [2.05, 4.69) is 34.3 Å². The summed E-state index contributed by atoms with van der Waals surface area (Å²) in [5, 5.41) is 12.2. The molecule has 5 heteroatoms. The predicted octanol–water partition coefficient (Wildman–Crippen LogP) is 3.74. The fraction of sp³-hybridized carbons (Fsp3) is 0.500. The maximum absolute atomic E-state index is 14.1. The molecule has 3 fully saturated rings. The number of fused-ring (bicyclic) bond motifs is 3. The third kappa shape index (κ3) is 3.13. The van der Waals surface area contributed by atoms with Gasteiger partial charge in [0, 0.05) is 17.6 Å². The lowest BCUT2D eigenvalue weighted by Crippen LogP contribution is -2.59. The van der Waals surface area contributed by atoms with E-state index in [4.69, 9.17) is 0 Å². The lowest BCUT2D eigenvalue weighted by atomic mass is 9.79. The van der Waals surface area contributed by atoms with E-state index in [1.165, 1.54) is 32.0 Å². The summed E-state index contributed by atoms with van der Waals surface area (Å²) in [5.41, 5.74) is 2.21. The second-order valence-electron chi connectivity index (χ2n) is 7.26. The molecular weight excluding hydrogens is 315 g/mol. The van der Waals surface area contributed by atoms with Crippen molar-refractivity contribution >= 4 is 5.82 Å². The van der Waals surface area contributed by atoms with Crippen LogP contribution in [0, 0.1) is 11.7 Å². The zero-order valence-electron chi connectivity index (χ0n) is 14.9. The summed E-state index contributed by atoms with van der Waals surface area (Å²) in [7, 11) is 0. The van der Waals surface area contributed by atoms with Gasteiger partial charge in [-0.2, -0.15) is 0 Å². The van der Waals surface area contributed by atoms with Crippen LogP contribution in [0.25, 0.3) is 11.3 Å². The summed E-state index contributed by atoms with van der Waals surface area (Å²) >= 11 is 0. The summed E-state index contributed by atoms with van der Waals surface area (Å²) in [5.74, 6) is 1.24. The van der Waals surface area contributed by atoms with E-state index in [1.54, 1.807) is 0 Å². The number of rotatable bonds is 4. The first-order valence-electron chi connectivity index (χ1n) is 9.29. The fourth-order valence-corrected chi connectivity index (χ4v) is 4.26. The summed E-state index contributed by atoms with van der Waals surface area (Å²) in [6.07, 6.45) is 3.38.